The number of amides is 1. The van der Waals surface area contributed by atoms with Gasteiger partial charge in [0.2, 0.25) is 15.9 Å². The Morgan fingerprint density at radius 1 is 1.36 bits per heavy atom. The van der Waals surface area contributed by atoms with Crippen LogP contribution in [0.25, 0.3) is 0 Å². The zero-order valence-corrected chi connectivity index (χ0v) is 16.5. The van der Waals surface area contributed by atoms with Gasteiger partial charge in [0.15, 0.2) is 5.76 Å². The van der Waals surface area contributed by atoms with E-state index in [0.29, 0.717) is 0 Å². The molecule has 1 aliphatic carbocycles. The number of carbonyl (C=O) groups is 1. The van der Waals surface area contributed by atoms with E-state index in [1.165, 1.54) is 13.8 Å². The molecule has 8 nitrogen and oxygen atoms in total. The van der Waals surface area contributed by atoms with Gasteiger partial charge < -0.3 is 14.6 Å². The van der Waals surface area contributed by atoms with Crippen LogP contribution in [0, 0.1) is 25.2 Å². The molecule has 1 fully saturated rings. The van der Waals surface area contributed by atoms with Crippen molar-refractivity contribution >= 4 is 15.9 Å². The first kappa shape index (κ1) is 19.9. The van der Waals surface area contributed by atoms with Crippen LogP contribution in [0.1, 0.15) is 39.1 Å². The Balaban J connectivity index is 2.07. The Bertz CT molecular complexity index is 736. The van der Waals surface area contributed by atoms with Gasteiger partial charge in [-0.15, -0.1) is 0 Å². The van der Waals surface area contributed by atoms with Crippen LogP contribution in [-0.4, -0.2) is 44.8 Å². The number of ether oxygens (including phenoxy) is 1. The standard InChI is InChI=1S/C16H27N3O5S/c1-8-13(16(5,6)14(8)23-7)17-15(20)10(3)19-25(21,22)12-9(2)18-24-11(12)4/h8,10,13-14,19H,1-7H3,(H,17,20)/t8-,10+,13-,14-/m1/s1. The van der Waals surface area contributed by atoms with Gasteiger partial charge in [0.1, 0.15) is 10.6 Å². The Morgan fingerprint density at radius 3 is 2.40 bits per heavy atom. The molecule has 0 aliphatic heterocycles. The predicted octanol–water partition coefficient (Wildman–Crippen LogP) is 1.13. The van der Waals surface area contributed by atoms with Crippen LogP contribution >= 0.6 is 0 Å². The molecule has 1 aromatic heterocycles. The lowest BCUT2D eigenvalue weighted by atomic mass is 9.58. The highest BCUT2D eigenvalue weighted by molar-refractivity contribution is 7.89. The topological polar surface area (TPSA) is 111 Å². The van der Waals surface area contributed by atoms with Crippen LogP contribution in [0.3, 0.4) is 0 Å². The number of methoxy groups -OCH3 is 1. The van der Waals surface area contributed by atoms with Gasteiger partial charge >= 0.3 is 0 Å². The van der Waals surface area contributed by atoms with Crippen molar-refractivity contribution in [2.24, 2.45) is 11.3 Å². The van der Waals surface area contributed by atoms with Crippen molar-refractivity contribution in [3.05, 3.63) is 11.5 Å². The Morgan fingerprint density at radius 2 is 1.96 bits per heavy atom. The molecule has 25 heavy (non-hydrogen) atoms. The summed E-state index contributed by atoms with van der Waals surface area (Å²) in [7, 11) is -2.24. The molecule has 0 bridgehead atoms. The Kier molecular flexibility index (Phi) is 5.32. The second kappa shape index (κ2) is 6.69. The van der Waals surface area contributed by atoms with Crippen molar-refractivity contribution in [3.8, 4) is 0 Å². The third-order valence-corrected chi connectivity index (χ3v) is 6.84. The average molecular weight is 373 g/mol. The summed E-state index contributed by atoms with van der Waals surface area (Å²) in [6.07, 6.45) is 0.0482. The first-order chi connectivity index (χ1) is 11.4. The molecule has 142 valence electrons. The summed E-state index contributed by atoms with van der Waals surface area (Å²) < 4.78 is 37.7. The van der Waals surface area contributed by atoms with E-state index in [1.807, 2.05) is 20.8 Å². The minimum Gasteiger partial charge on any atom is -0.380 e. The van der Waals surface area contributed by atoms with Crippen molar-refractivity contribution in [2.75, 3.05) is 7.11 Å². The number of aryl methyl sites for hydroxylation is 2. The van der Waals surface area contributed by atoms with E-state index < -0.39 is 16.1 Å². The van der Waals surface area contributed by atoms with E-state index in [-0.39, 0.29) is 45.7 Å². The molecule has 0 unspecified atom stereocenters. The first-order valence-electron chi connectivity index (χ1n) is 8.21. The van der Waals surface area contributed by atoms with E-state index >= 15 is 0 Å². The zero-order valence-electron chi connectivity index (χ0n) is 15.7. The summed E-state index contributed by atoms with van der Waals surface area (Å²) in [6, 6.07) is -1.01. The number of carbonyl (C=O) groups excluding carboxylic acids is 1. The smallest absolute Gasteiger partial charge is 0.246 e. The highest BCUT2D eigenvalue weighted by Crippen LogP contribution is 2.46. The molecule has 0 spiro atoms. The zero-order chi connectivity index (χ0) is 19.2. The lowest BCUT2D eigenvalue weighted by Gasteiger charge is -2.56. The predicted molar refractivity (Wildman–Crippen MR) is 91.4 cm³/mol. The van der Waals surface area contributed by atoms with E-state index in [1.54, 1.807) is 14.0 Å². The van der Waals surface area contributed by atoms with Gasteiger partial charge in [-0.05, 0) is 20.8 Å². The van der Waals surface area contributed by atoms with Crippen molar-refractivity contribution in [3.63, 3.8) is 0 Å². The fourth-order valence-corrected chi connectivity index (χ4v) is 5.44. The SMILES string of the molecule is CO[C@@H]1[C@H](C)[C@@H](NC(=O)[C@H](C)NS(=O)(=O)c2c(C)noc2C)C1(C)C. The Labute approximate surface area is 148 Å². The monoisotopic (exact) mass is 373 g/mol. The Hall–Kier alpha value is -1.45. The third kappa shape index (κ3) is 3.45. The number of nitrogens with one attached hydrogen (secondary N) is 2. The normalized spacial score (nSPS) is 26.8. The van der Waals surface area contributed by atoms with Crippen LogP contribution in [-0.2, 0) is 19.6 Å². The fourth-order valence-electron chi connectivity index (χ4n) is 3.91. The highest BCUT2D eigenvalue weighted by Gasteiger charge is 2.55. The third-order valence-electron chi connectivity index (χ3n) is 5.05. The molecular weight excluding hydrogens is 346 g/mol. The lowest BCUT2D eigenvalue weighted by molar-refractivity contribution is -0.155. The van der Waals surface area contributed by atoms with Crippen molar-refractivity contribution in [1.29, 1.82) is 0 Å². The number of rotatable bonds is 6. The fraction of sp³-hybridized carbons (Fsp3) is 0.750. The number of sulfonamides is 1. The molecule has 1 heterocycles. The van der Waals surface area contributed by atoms with Gasteiger partial charge in [-0.25, -0.2) is 8.42 Å². The van der Waals surface area contributed by atoms with Crippen molar-refractivity contribution in [1.82, 2.24) is 15.2 Å². The summed E-state index contributed by atoms with van der Waals surface area (Å²) in [4.78, 5) is 12.4. The number of hydrogen-bond acceptors (Lipinski definition) is 6. The summed E-state index contributed by atoms with van der Waals surface area (Å²) >= 11 is 0. The summed E-state index contributed by atoms with van der Waals surface area (Å²) in [5.74, 6) is -0.0422. The minimum absolute atomic E-state index is 0.0241. The van der Waals surface area contributed by atoms with Gasteiger partial charge in [-0.1, -0.05) is 25.9 Å². The van der Waals surface area contributed by atoms with E-state index in [2.05, 4.69) is 15.2 Å². The molecule has 0 aromatic carbocycles. The first-order valence-corrected chi connectivity index (χ1v) is 9.70. The van der Waals surface area contributed by atoms with Crippen molar-refractivity contribution in [2.45, 2.75) is 64.6 Å². The lowest BCUT2D eigenvalue weighted by Crippen LogP contribution is -2.69. The molecular formula is C16H27N3O5S. The van der Waals surface area contributed by atoms with Crippen LogP contribution in [0.4, 0.5) is 0 Å². The molecule has 1 aromatic rings. The molecule has 2 rings (SSSR count). The van der Waals surface area contributed by atoms with Gasteiger partial charge in [0, 0.05) is 24.5 Å². The van der Waals surface area contributed by atoms with Gasteiger partial charge in [0.25, 0.3) is 0 Å². The van der Waals surface area contributed by atoms with E-state index in [9.17, 15) is 13.2 Å². The van der Waals surface area contributed by atoms with Gasteiger partial charge in [-0.3, -0.25) is 4.79 Å². The molecule has 2 N–H and O–H groups in total. The van der Waals surface area contributed by atoms with Crippen LogP contribution in [0.5, 0.6) is 0 Å². The quantitative estimate of drug-likeness (QED) is 0.773. The molecule has 9 heteroatoms. The molecule has 0 saturated heterocycles. The maximum atomic E-state index is 12.5. The van der Waals surface area contributed by atoms with Gasteiger partial charge in [0.05, 0.1) is 12.1 Å². The largest absolute Gasteiger partial charge is 0.380 e. The minimum atomic E-state index is -3.90. The maximum Gasteiger partial charge on any atom is 0.246 e. The van der Waals surface area contributed by atoms with E-state index in [0.717, 1.165) is 0 Å². The summed E-state index contributed by atoms with van der Waals surface area (Å²) in [5.41, 5.74) is 0.0404. The number of nitrogens with zero attached hydrogens (tertiary/aromatic N) is 1. The number of aromatic nitrogens is 1. The second-order valence-corrected chi connectivity index (χ2v) is 8.97. The van der Waals surface area contributed by atoms with Crippen LogP contribution < -0.4 is 10.0 Å². The van der Waals surface area contributed by atoms with Gasteiger partial charge in [-0.2, -0.15) is 4.72 Å². The molecule has 4 atom stereocenters. The van der Waals surface area contributed by atoms with Crippen LogP contribution in [0.15, 0.2) is 9.42 Å². The van der Waals surface area contributed by atoms with Crippen molar-refractivity contribution < 1.29 is 22.5 Å². The second-order valence-electron chi connectivity index (χ2n) is 7.32. The molecule has 1 amide bonds. The van der Waals surface area contributed by atoms with Crippen LogP contribution in [0.2, 0.25) is 0 Å². The highest BCUT2D eigenvalue weighted by atomic mass is 32.2. The average Bonchev–Trinajstić information content (AvgIpc) is 2.83. The number of hydrogen-bond donors (Lipinski definition) is 2. The molecule has 1 saturated carbocycles. The van der Waals surface area contributed by atoms with E-state index in [4.69, 9.17) is 9.26 Å². The summed E-state index contributed by atoms with van der Waals surface area (Å²) in [5, 5.41) is 6.58. The maximum absolute atomic E-state index is 12.5. The molecule has 1 aliphatic rings. The molecule has 0 radical (unpaired) electrons. The summed E-state index contributed by atoms with van der Waals surface area (Å²) in [6.45, 7) is 10.6.